The average Bonchev–Trinajstić information content (AvgIpc) is 2.78. The van der Waals surface area contributed by atoms with Gasteiger partial charge in [0.2, 0.25) is 5.91 Å². The number of carbonyl (C=O) groups is 2. The lowest BCUT2D eigenvalue weighted by Gasteiger charge is -2.44. The fourth-order valence-electron chi connectivity index (χ4n) is 4.29. The number of nitriles is 1. The van der Waals surface area contributed by atoms with E-state index in [-0.39, 0.29) is 17.7 Å². The van der Waals surface area contributed by atoms with Crippen LogP contribution in [-0.4, -0.2) is 48.8 Å². The van der Waals surface area contributed by atoms with Crippen molar-refractivity contribution in [3.63, 3.8) is 0 Å². The number of nitrogens with one attached hydrogen (secondary N) is 2. The summed E-state index contributed by atoms with van der Waals surface area (Å²) in [7, 11) is 1.60. The Balaban J connectivity index is 2.14. The van der Waals surface area contributed by atoms with E-state index in [9.17, 15) is 14.9 Å². The third-order valence-corrected chi connectivity index (χ3v) is 5.75. The second-order valence-electron chi connectivity index (χ2n) is 8.39. The number of halogens is 1. The molecule has 170 valence electrons. The van der Waals surface area contributed by atoms with Gasteiger partial charge in [-0.3, -0.25) is 9.59 Å². The fraction of sp³-hybridized carbons (Fsp3) is 0.320. The minimum Gasteiger partial charge on any atom is -0.333 e. The number of aliphatic imine (C=N–C) groups is 1. The predicted octanol–water partition coefficient (Wildman–Crippen LogP) is 4.38. The summed E-state index contributed by atoms with van der Waals surface area (Å²) in [5.41, 5.74) is 1.79. The van der Waals surface area contributed by atoms with Gasteiger partial charge in [0, 0.05) is 42.3 Å². The average molecular weight is 464 g/mol. The van der Waals surface area contributed by atoms with Crippen molar-refractivity contribution in [1.82, 2.24) is 4.90 Å². The van der Waals surface area contributed by atoms with Crippen LogP contribution < -0.4 is 5.32 Å². The van der Waals surface area contributed by atoms with Gasteiger partial charge in [-0.25, -0.2) is 0 Å². The van der Waals surface area contributed by atoms with E-state index < -0.39 is 17.9 Å². The first-order chi connectivity index (χ1) is 15.8. The summed E-state index contributed by atoms with van der Waals surface area (Å²) in [6, 6.07) is 13.1. The summed E-state index contributed by atoms with van der Waals surface area (Å²) in [6.45, 7) is 4.44. The van der Waals surface area contributed by atoms with E-state index >= 15 is 0 Å². The van der Waals surface area contributed by atoms with Crippen molar-refractivity contribution >= 4 is 41.5 Å². The fourth-order valence-corrected chi connectivity index (χ4v) is 4.52. The number of hydrogen-bond acceptors (Lipinski definition) is 5. The molecule has 0 aliphatic carbocycles. The van der Waals surface area contributed by atoms with Crippen molar-refractivity contribution in [2.75, 3.05) is 18.9 Å². The van der Waals surface area contributed by atoms with Gasteiger partial charge in [-0.15, -0.1) is 0 Å². The first-order valence-corrected chi connectivity index (χ1v) is 11.0. The van der Waals surface area contributed by atoms with Crippen LogP contribution in [0, 0.1) is 28.6 Å². The number of anilines is 1. The summed E-state index contributed by atoms with van der Waals surface area (Å²) >= 11 is 6.12. The molecular weight excluding hydrogens is 438 g/mol. The van der Waals surface area contributed by atoms with E-state index in [0.29, 0.717) is 33.9 Å². The van der Waals surface area contributed by atoms with Gasteiger partial charge in [-0.05, 0) is 35.7 Å². The van der Waals surface area contributed by atoms with Crippen LogP contribution in [0.15, 0.2) is 47.5 Å². The molecule has 0 radical (unpaired) electrons. The maximum absolute atomic E-state index is 13.7. The highest BCUT2D eigenvalue weighted by molar-refractivity contribution is 6.31. The molecule has 0 aromatic heterocycles. The molecule has 7 nitrogen and oxygen atoms in total. The Morgan fingerprint density at radius 3 is 2.70 bits per heavy atom. The van der Waals surface area contributed by atoms with Crippen LogP contribution in [-0.2, 0) is 4.79 Å². The molecule has 33 heavy (non-hydrogen) atoms. The minimum absolute atomic E-state index is 0.154. The third kappa shape index (κ3) is 5.12. The van der Waals surface area contributed by atoms with E-state index in [4.69, 9.17) is 17.0 Å². The SMILES string of the molecule is CN=CC(C=N)[C@@H]1[C@@H](C(=O)Nc2cc(Cl)cc(C#N)c2)c2ccccc2C(=O)N1CC(C)C. The standard InChI is InChI=1S/C25H26ClN5O2/c1-15(2)14-31-23(17(12-28)13-29-3)22(20-6-4-5-7-21(20)25(31)33)24(32)30-19-9-16(11-27)8-18(26)10-19/h4-10,12-13,15,17,22-23,28H,14H2,1-3H3,(H,30,32)/t17?,22-,23+/m0/s1. The lowest BCUT2D eigenvalue weighted by atomic mass is 9.76. The molecule has 0 saturated heterocycles. The quantitative estimate of drug-likeness (QED) is 0.594. The molecular formula is C25H26ClN5O2. The van der Waals surface area contributed by atoms with Crippen molar-refractivity contribution in [3.8, 4) is 6.07 Å². The highest BCUT2D eigenvalue weighted by atomic mass is 35.5. The zero-order valence-electron chi connectivity index (χ0n) is 18.7. The van der Waals surface area contributed by atoms with Gasteiger partial charge in [0.25, 0.3) is 5.91 Å². The number of rotatable bonds is 7. The maximum Gasteiger partial charge on any atom is 0.254 e. The van der Waals surface area contributed by atoms with Crippen LogP contribution in [0.1, 0.15) is 41.3 Å². The largest absolute Gasteiger partial charge is 0.333 e. The smallest absolute Gasteiger partial charge is 0.254 e. The van der Waals surface area contributed by atoms with Crippen molar-refractivity contribution < 1.29 is 9.59 Å². The molecule has 1 aliphatic heterocycles. The number of hydrogen-bond donors (Lipinski definition) is 2. The number of nitrogens with zero attached hydrogens (tertiary/aromatic N) is 3. The van der Waals surface area contributed by atoms with Crippen LogP contribution in [0.2, 0.25) is 5.02 Å². The lowest BCUT2D eigenvalue weighted by Crippen LogP contribution is -2.56. The summed E-state index contributed by atoms with van der Waals surface area (Å²) in [5.74, 6) is -1.68. The van der Waals surface area contributed by atoms with Crippen LogP contribution in [0.5, 0.6) is 0 Å². The Kier molecular flexibility index (Phi) is 7.62. The first kappa shape index (κ1) is 24.1. The Morgan fingerprint density at radius 2 is 2.06 bits per heavy atom. The van der Waals surface area contributed by atoms with E-state index in [1.165, 1.54) is 12.3 Å². The van der Waals surface area contributed by atoms with Gasteiger partial charge in [0.15, 0.2) is 0 Å². The van der Waals surface area contributed by atoms with E-state index in [1.54, 1.807) is 54.6 Å². The lowest BCUT2D eigenvalue weighted by molar-refractivity contribution is -0.119. The van der Waals surface area contributed by atoms with Crippen molar-refractivity contribution in [1.29, 1.82) is 10.7 Å². The molecule has 0 fully saturated rings. The zero-order valence-corrected chi connectivity index (χ0v) is 19.5. The molecule has 2 aromatic rings. The molecule has 1 aliphatic rings. The molecule has 2 N–H and O–H groups in total. The van der Waals surface area contributed by atoms with Gasteiger partial charge in [-0.1, -0.05) is 43.6 Å². The molecule has 0 bridgehead atoms. The van der Waals surface area contributed by atoms with Crippen molar-refractivity contribution in [2.24, 2.45) is 16.8 Å². The van der Waals surface area contributed by atoms with Crippen molar-refractivity contribution in [2.45, 2.75) is 25.8 Å². The monoisotopic (exact) mass is 463 g/mol. The molecule has 0 spiro atoms. The Hall–Kier alpha value is -3.50. The molecule has 2 amide bonds. The minimum atomic E-state index is -0.758. The molecule has 1 heterocycles. The maximum atomic E-state index is 13.7. The van der Waals surface area contributed by atoms with Gasteiger partial charge < -0.3 is 20.6 Å². The third-order valence-electron chi connectivity index (χ3n) is 5.54. The van der Waals surface area contributed by atoms with Gasteiger partial charge >= 0.3 is 0 Å². The highest BCUT2D eigenvalue weighted by Gasteiger charge is 2.46. The second kappa shape index (κ2) is 10.4. The number of fused-ring (bicyclic) bond motifs is 1. The molecule has 3 atom stereocenters. The zero-order chi connectivity index (χ0) is 24.1. The van der Waals surface area contributed by atoms with Crippen LogP contribution in [0.25, 0.3) is 0 Å². The molecule has 2 aromatic carbocycles. The normalized spacial score (nSPS) is 18.7. The summed E-state index contributed by atoms with van der Waals surface area (Å²) in [6.07, 6.45) is 2.82. The summed E-state index contributed by atoms with van der Waals surface area (Å²) in [4.78, 5) is 33.0. The van der Waals surface area contributed by atoms with Crippen LogP contribution in [0.3, 0.4) is 0 Å². The topological polar surface area (TPSA) is 109 Å². The highest BCUT2D eigenvalue weighted by Crippen LogP contribution is 2.38. The molecule has 3 rings (SSSR count). The first-order valence-electron chi connectivity index (χ1n) is 10.6. The number of benzene rings is 2. The van der Waals surface area contributed by atoms with Crippen molar-refractivity contribution in [3.05, 3.63) is 64.2 Å². The Bertz CT molecular complexity index is 1140. The molecule has 8 heteroatoms. The number of amides is 2. The molecule has 1 unspecified atom stereocenters. The van der Waals surface area contributed by atoms with Gasteiger partial charge in [0.1, 0.15) is 0 Å². The summed E-state index contributed by atoms with van der Waals surface area (Å²) in [5, 5.41) is 20.5. The van der Waals surface area contributed by atoms with E-state index in [1.807, 2.05) is 19.9 Å². The van der Waals surface area contributed by atoms with E-state index in [0.717, 1.165) is 0 Å². The van der Waals surface area contributed by atoms with Crippen LogP contribution in [0.4, 0.5) is 5.69 Å². The number of carbonyl (C=O) groups excluding carboxylic acids is 2. The summed E-state index contributed by atoms with van der Waals surface area (Å²) < 4.78 is 0. The Labute approximate surface area is 198 Å². The van der Waals surface area contributed by atoms with Crippen LogP contribution >= 0.6 is 11.6 Å². The molecule has 0 saturated carbocycles. The van der Waals surface area contributed by atoms with Gasteiger partial charge in [-0.2, -0.15) is 5.26 Å². The predicted molar refractivity (Wildman–Crippen MR) is 130 cm³/mol. The van der Waals surface area contributed by atoms with Gasteiger partial charge in [0.05, 0.1) is 29.5 Å². The second-order valence-corrected chi connectivity index (χ2v) is 8.82. The Morgan fingerprint density at radius 1 is 1.33 bits per heavy atom. The van der Waals surface area contributed by atoms with E-state index in [2.05, 4.69) is 10.3 Å².